The summed E-state index contributed by atoms with van der Waals surface area (Å²) in [6.07, 6.45) is 2.74. The third-order valence-corrected chi connectivity index (χ3v) is 4.22. The summed E-state index contributed by atoms with van der Waals surface area (Å²) in [5, 5.41) is 20.1. The van der Waals surface area contributed by atoms with Crippen LogP contribution in [0.1, 0.15) is 13.2 Å². The molecule has 9 nitrogen and oxygen atoms in total. The summed E-state index contributed by atoms with van der Waals surface area (Å²) in [6.45, 7) is 1.48. The fourth-order valence-electron chi connectivity index (χ4n) is 2.70. The second-order valence-corrected chi connectivity index (χ2v) is 5.90. The Hall–Kier alpha value is -2.03. The molecular weight excluding hydrogens is 320 g/mol. The quantitative estimate of drug-likeness (QED) is 0.348. The van der Waals surface area contributed by atoms with Gasteiger partial charge in [-0.1, -0.05) is 18.1 Å². The van der Waals surface area contributed by atoms with Gasteiger partial charge in [0, 0.05) is 0 Å². The molecule has 23 heavy (non-hydrogen) atoms. The van der Waals surface area contributed by atoms with Crippen molar-refractivity contribution in [3.8, 4) is 12.3 Å². The second kappa shape index (κ2) is 5.26. The molecule has 2 aromatic rings. The van der Waals surface area contributed by atoms with Gasteiger partial charge < -0.3 is 31.4 Å². The smallest absolute Gasteiger partial charge is 0.200 e. The predicted molar refractivity (Wildman–Crippen MR) is 84.5 cm³/mol. The van der Waals surface area contributed by atoms with Gasteiger partial charge >= 0.3 is 0 Å². The first-order valence-corrected chi connectivity index (χ1v) is 7.21. The number of imidazole rings is 1. The molecule has 3 heterocycles. The van der Waals surface area contributed by atoms with Crippen molar-refractivity contribution in [2.24, 2.45) is 5.73 Å². The van der Waals surface area contributed by atoms with Crippen molar-refractivity contribution in [1.82, 2.24) is 19.5 Å². The molecule has 2 aromatic heterocycles. The van der Waals surface area contributed by atoms with Gasteiger partial charge in [-0.3, -0.25) is 4.57 Å². The number of hydrogen-bond acceptors (Lipinski definition) is 8. The van der Waals surface area contributed by atoms with E-state index >= 15 is 0 Å². The highest BCUT2D eigenvalue weighted by atomic mass is 32.1. The fraction of sp³-hybridized carbons (Fsp3) is 0.462. The third kappa shape index (κ3) is 2.21. The minimum Gasteiger partial charge on any atom is -0.391 e. The number of fused-ring (bicyclic) bond motifs is 1. The molecule has 1 saturated heterocycles. The summed E-state index contributed by atoms with van der Waals surface area (Å²) in [5.41, 5.74) is 11.0. The van der Waals surface area contributed by atoms with Crippen molar-refractivity contribution in [2.45, 2.75) is 37.0 Å². The molecule has 5 atom stereocenters. The number of anilines is 1. The van der Waals surface area contributed by atoms with E-state index in [9.17, 15) is 10.2 Å². The number of hydrogen-bond donors (Lipinski definition) is 5. The number of terminal acetylenes is 1. The highest BCUT2D eigenvalue weighted by Crippen LogP contribution is 2.38. The molecule has 7 N–H and O–H groups in total. The zero-order valence-electron chi connectivity index (χ0n) is 12.2. The highest BCUT2D eigenvalue weighted by molar-refractivity contribution is 7.71. The Bertz CT molecular complexity index is 855. The highest BCUT2D eigenvalue weighted by Gasteiger charge is 2.55. The summed E-state index contributed by atoms with van der Waals surface area (Å²) in [5.74, 6) is 2.45. The van der Waals surface area contributed by atoms with E-state index in [0.717, 1.165) is 0 Å². The van der Waals surface area contributed by atoms with Crippen LogP contribution in [-0.4, -0.2) is 53.6 Å². The van der Waals surface area contributed by atoms with E-state index in [2.05, 4.69) is 20.9 Å². The van der Waals surface area contributed by atoms with Crippen molar-refractivity contribution in [3.63, 3.8) is 0 Å². The van der Waals surface area contributed by atoms with Gasteiger partial charge in [0.25, 0.3) is 0 Å². The van der Waals surface area contributed by atoms with Gasteiger partial charge in [-0.2, -0.15) is 4.98 Å². The van der Waals surface area contributed by atoms with Gasteiger partial charge in [0.05, 0.1) is 12.4 Å². The van der Waals surface area contributed by atoms with Crippen LogP contribution in [0.4, 0.5) is 5.95 Å². The predicted octanol–water partition coefficient (Wildman–Crippen LogP) is -0.959. The van der Waals surface area contributed by atoms with Crippen LogP contribution in [0.15, 0.2) is 6.33 Å². The number of nitrogens with one attached hydrogen (secondary N) is 1. The zero-order valence-corrected chi connectivity index (χ0v) is 13.0. The molecule has 0 aromatic carbocycles. The van der Waals surface area contributed by atoms with Crippen LogP contribution < -0.4 is 11.5 Å². The summed E-state index contributed by atoms with van der Waals surface area (Å²) < 4.78 is 7.47. The maximum absolute atomic E-state index is 10.4. The number of aliphatic hydroxyl groups is 2. The lowest BCUT2D eigenvalue weighted by atomic mass is 9.90. The average molecular weight is 336 g/mol. The first-order valence-electron chi connectivity index (χ1n) is 6.80. The van der Waals surface area contributed by atoms with Crippen molar-refractivity contribution in [1.29, 1.82) is 0 Å². The molecule has 0 amide bonds. The summed E-state index contributed by atoms with van der Waals surface area (Å²) in [6, 6.07) is 0. The average Bonchev–Trinajstić information content (AvgIpc) is 3.00. The second-order valence-electron chi connectivity index (χ2n) is 5.49. The molecule has 1 fully saturated rings. The Labute approximate surface area is 136 Å². The van der Waals surface area contributed by atoms with Crippen LogP contribution in [0.2, 0.25) is 0 Å². The minimum atomic E-state index is -1.58. The summed E-state index contributed by atoms with van der Waals surface area (Å²) >= 11 is 5.15. The maximum atomic E-state index is 10.4. The van der Waals surface area contributed by atoms with Gasteiger partial charge in [0.15, 0.2) is 17.4 Å². The van der Waals surface area contributed by atoms with Gasteiger partial charge in [-0.25, -0.2) is 4.98 Å². The van der Waals surface area contributed by atoms with Gasteiger partial charge in [-0.15, -0.1) is 6.42 Å². The van der Waals surface area contributed by atoms with Crippen LogP contribution >= 0.6 is 12.2 Å². The fourth-order valence-corrected chi connectivity index (χ4v) is 2.95. The van der Waals surface area contributed by atoms with Gasteiger partial charge in [0.2, 0.25) is 5.95 Å². The Balaban J connectivity index is 2.18. The number of nitrogens with zero attached hydrogens (tertiary/aromatic N) is 3. The zero-order chi connectivity index (χ0) is 16.9. The van der Waals surface area contributed by atoms with Crippen LogP contribution in [0, 0.1) is 17.0 Å². The lowest BCUT2D eigenvalue weighted by molar-refractivity contribution is -0.0756. The van der Waals surface area contributed by atoms with E-state index in [4.69, 9.17) is 34.8 Å². The van der Waals surface area contributed by atoms with E-state index in [1.54, 1.807) is 0 Å². The monoisotopic (exact) mass is 336 g/mol. The van der Waals surface area contributed by atoms with E-state index in [1.807, 2.05) is 0 Å². The lowest BCUT2D eigenvalue weighted by Gasteiger charge is -2.27. The minimum absolute atomic E-state index is 0.0956. The number of aromatic amines is 1. The summed E-state index contributed by atoms with van der Waals surface area (Å²) in [4.78, 5) is 11.0. The third-order valence-electron chi connectivity index (χ3n) is 3.92. The number of nitrogens with two attached hydrogens (primary N) is 2. The maximum Gasteiger partial charge on any atom is 0.200 e. The molecule has 0 saturated carbocycles. The first-order chi connectivity index (χ1) is 10.8. The summed E-state index contributed by atoms with van der Waals surface area (Å²) in [7, 11) is 0. The van der Waals surface area contributed by atoms with Crippen LogP contribution in [0.25, 0.3) is 11.2 Å². The molecule has 3 rings (SSSR count). The van der Waals surface area contributed by atoms with Crippen molar-refractivity contribution in [2.75, 3.05) is 5.73 Å². The number of aliphatic hydroxyl groups excluding tert-OH is 2. The Morgan fingerprint density at radius 1 is 1.65 bits per heavy atom. The largest absolute Gasteiger partial charge is 0.391 e. The molecule has 1 unspecified atom stereocenters. The van der Waals surface area contributed by atoms with Crippen LogP contribution in [-0.2, 0) is 4.74 Å². The molecule has 0 radical (unpaired) electrons. The molecule has 122 valence electrons. The number of H-pyrrole nitrogens is 1. The Morgan fingerprint density at radius 2 is 2.35 bits per heavy atom. The molecule has 0 bridgehead atoms. The standard InChI is InChI=1S/C13H16N6O3S/c1-3-13(15)8(21)7(5(2)20)22-11(13)19-4-16-6-9(19)17-12(14)18-10(6)23/h1,4-5,7-8,11,20-21H,15H2,2H3,(H3,14,17,18,23)/t5-,7-,8+,11-,13?/m1/s1. The number of aromatic nitrogens is 4. The Morgan fingerprint density at radius 3 is 2.96 bits per heavy atom. The van der Waals surface area contributed by atoms with Crippen molar-refractivity contribution >= 4 is 29.3 Å². The first kappa shape index (κ1) is 15.9. The number of rotatable bonds is 2. The SMILES string of the molecule is C#CC1(N)[C@@H](O)[C@@H]([C@@H](C)O)O[C@H]1n1cnc2c(=S)[nH]c(N)nc21. The topological polar surface area (TPSA) is 148 Å². The van der Waals surface area contributed by atoms with E-state index in [-0.39, 0.29) is 5.95 Å². The molecule has 10 heteroatoms. The van der Waals surface area contributed by atoms with Crippen LogP contribution in [0.3, 0.4) is 0 Å². The van der Waals surface area contributed by atoms with Crippen molar-refractivity contribution < 1.29 is 14.9 Å². The molecular formula is C13H16N6O3S. The molecule has 1 aliphatic rings. The van der Waals surface area contributed by atoms with E-state index in [1.165, 1.54) is 17.8 Å². The molecule has 0 spiro atoms. The Kier molecular flexibility index (Phi) is 3.62. The van der Waals surface area contributed by atoms with Gasteiger partial charge in [0.1, 0.15) is 22.4 Å². The molecule has 1 aliphatic heterocycles. The van der Waals surface area contributed by atoms with Gasteiger partial charge in [-0.05, 0) is 6.92 Å². The van der Waals surface area contributed by atoms with Crippen LogP contribution in [0.5, 0.6) is 0 Å². The lowest BCUT2D eigenvalue weighted by Crippen LogP contribution is -2.54. The number of ether oxygens (including phenoxy) is 1. The number of nitrogen functional groups attached to an aromatic ring is 1. The van der Waals surface area contributed by atoms with E-state index in [0.29, 0.717) is 15.8 Å². The molecule has 0 aliphatic carbocycles. The normalized spacial score (nSPS) is 32.0. The van der Waals surface area contributed by atoms with E-state index < -0.39 is 30.1 Å². The van der Waals surface area contributed by atoms with Crippen molar-refractivity contribution in [3.05, 3.63) is 11.0 Å².